The lowest BCUT2D eigenvalue weighted by Gasteiger charge is -2.18. The van der Waals surface area contributed by atoms with E-state index in [4.69, 9.17) is 11.6 Å². The number of rotatable bonds is 3. The van der Waals surface area contributed by atoms with E-state index in [0.717, 1.165) is 34.1 Å². The Labute approximate surface area is 167 Å². The number of hydrogen-bond acceptors (Lipinski definition) is 5. The lowest BCUT2D eigenvalue weighted by atomic mass is 10.1. The minimum absolute atomic E-state index is 0.0229. The first-order valence-electron chi connectivity index (χ1n) is 8.08. The van der Waals surface area contributed by atoms with Gasteiger partial charge >= 0.3 is 0 Å². The highest BCUT2D eigenvalue weighted by molar-refractivity contribution is 8.15. The van der Waals surface area contributed by atoms with Crippen molar-refractivity contribution in [2.24, 2.45) is 4.40 Å². The second-order valence-electron chi connectivity index (χ2n) is 6.25. The third-order valence-electron chi connectivity index (χ3n) is 3.95. The highest BCUT2D eigenvalue weighted by Crippen LogP contribution is 2.31. The topological polar surface area (TPSA) is 87.6 Å². The molecule has 0 fully saturated rings. The molecule has 0 atom stereocenters. The van der Waals surface area contributed by atoms with Crippen LogP contribution in [0.1, 0.15) is 16.7 Å². The van der Waals surface area contributed by atoms with E-state index in [0.29, 0.717) is 10.7 Å². The van der Waals surface area contributed by atoms with Crippen LogP contribution in [0.3, 0.4) is 0 Å². The maximum atomic E-state index is 12.3. The number of benzene rings is 2. The highest BCUT2D eigenvalue weighted by atomic mass is 35.5. The van der Waals surface area contributed by atoms with E-state index in [9.17, 15) is 13.2 Å². The van der Waals surface area contributed by atoms with E-state index in [-0.39, 0.29) is 21.7 Å². The summed E-state index contributed by atoms with van der Waals surface area (Å²) < 4.78 is 28.3. The summed E-state index contributed by atoms with van der Waals surface area (Å²) in [4.78, 5) is 12.3. The molecule has 2 aromatic carbocycles. The monoisotopic (exact) mass is 423 g/mol. The third kappa shape index (κ3) is 4.45. The number of sulfonamides is 1. The second-order valence-corrected chi connectivity index (χ2v) is 9.22. The van der Waals surface area contributed by atoms with Gasteiger partial charge in [-0.05, 0) is 50.1 Å². The molecule has 0 spiro atoms. The number of anilines is 2. The summed E-state index contributed by atoms with van der Waals surface area (Å²) in [7, 11) is -3.85. The number of carbonyl (C=O) groups excluding carboxylic acids is 1. The van der Waals surface area contributed by atoms with E-state index in [2.05, 4.69) is 15.0 Å². The Kier molecular flexibility index (Phi) is 5.50. The molecule has 1 heterocycles. The van der Waals surface area contributed by atoms with Gasteiger partial charge in [-0.25, -0.2) is 0 Å². The van der Waals surface area contributed by atoms with Gasteiger partial charge < -0.3 is 10.6 Å². The minimum atomic E-state index is -3.85. The van der Waals surface area contributed by atoms with Gasteiger partial charge in [0.25, 0.3) is 10.0 Å². The molecule has 0 radical (unpaired) electrons. The number of carbonyl (C=O) groups is 1. The highest BCUT2D eigenvalue weighted by Gasteiger charge is 2.25. The number of thioether (sulfide) groups is 1. The molecule has 2 N–H and O–H groups in total. The lowest BCUT2D eigenvalue weighted by Crippen LogP contribution is -2.22. The molecule has 1 amide bonds. The van der Waals surface area contributed by atoms with Crippen LogP contribution in [-0.4, -0.2) is 25.2 Å². The van der Waals surface area contributed by atoms with Gasteiger partial charge in [0.05, 0.1) is 11.4 Å². The van der Waals surface area contributed by atoms with Crippen LogP contribution in [0.2, 0.25) is 5.02 Å². The molecular formula is C18H18ClN3O3S2. The van der Waals surface area contributed by atoms with Crippen molar-refractivity contribution in [2.75, 3.05) is 16.4 Å². The van der Waals surface area contributed by atoms with Gasteiger partial charge in [-0.15, -0.1) is 4.40 Å². The number of hydrogen-bond donors (Lipinski definition) is 2. The predicted molar refractivity (Wildman–Crippen MR) is 111 cm³/mol. The fourth-order valence-electron chi connectivity index (χ4n) is 2.86. The maximum Gasteiger partial charge on any atom is 0.286 e. The number of amides is 1. The van der Waals surface area contributed by atoms with Crippen LogP contribution in [-0.2, 0) is 14.8 Å². The van der Waals surface area contributed by atoms with E-state index in [1.54, 1.807) is 12.1 Å². The van der Waals surface area contributed by atoms with Crippen molar-refractivity contribution in [3.05, 3.63) is 52.0 Å². The van der Waals surface area contributed by atoms with E-state index in [1.165, 1.54) is 6.07 Å². The Balaban J connectivity index is 1.70. The first-order valence-corrected chi connectivity index (χ1v) is 10.9. The van der Waals surface area contributed by atoms with E-state index in [1.807, 2.05) is 32.9 Å². The standard InChI is InChI=1S/C18H18ClN3O3S2/c1-10-6-11(2)17(12(3)7-10)21-16(23)9-26-18-20-14-5-4-13(19)8-15(14)27(24,25)22-18/h4-8H,9H2,1-3H3,(H,20,22)(H,21,23). The van der Waals surface area contributed by atoms with Crippen LogP contribution in [0, 0.1) is 20.8 Å². The zero-order chi connectivity index (χ0) is 19.8. The maximum absolute atomic E-state index is 12.3. The summed E-state index contributed by atoms with van der Waals surface area (Å²) in [6, 6.07) is 8.50. The van der Waals surface area contributed by atoms with Gasteiger partial charge in [0.1, 0.15) is 4.90 Å². The van der Waals surface area contributed by atoms with Gasteiger partial charge in [0, 0.05) is 10.7 Å². The number of nitrogens with one attached hydrogen (secondary N) is 2. The molecule has 1 aliphatic rings. The minimum Gasteiger partial charge on any atom is -0.333 e. The van der Waals surface area contributed by atoms with Gasteiger partial charge in [-0.1, -0.05) is 41.1 Å². The average Bonchev–Trinajstić information content (AvgIpc) is 2.56. The summed E-state index contributed by atoms with van der Waals surface area (Å²) in [5.74, 6) is -0.212. The van der Waals surface area contributed by atoms with Crippen LogP contribution in [0.4, 0.5) is 11.4 Å². The molecule has 0 aromatic heterocycles. The average molecular weight is 424 g/mol. The molecule has 3 rings (SSSR count). The number of amidine groups is 1. The van der Waals surface area contributed by atoms with Crippen molar-refractivity contribution < 1.29 is 13.2 Å². The smallest absolute Gasteiger partial charge is 0.286 e. The molecule has 142 valence electrons. The van der Waals surface area contributed by atoms with Crippen molar-refractivity contribution in [2.45, 2.75) is 25.7 Å². The molecule has 6 nitrogen and oxygen atoms in total. The summed E-state index contributed by atoms with van der Waals surface area (Å²) in [6.07, 6.45) is 0. The van der Waals surface area contributed by atoms with Crippen LogP contribution in [0.25, 0.3) is 0 Å². The molecule has 0 bridgehead atoms. The zero-order valence-corrected chi connectivity index (χ0v) is 17.3. The fraction of sp³-hybridized carbons (Fsp3) is 0.222. The molecule has 0 saturated carbocycles. The van der Waals surface area contributed by atoms with E-state index >= 15 is 0 Å². The van der Waals surface area contributed by atoms with Gasteiger partial charge in [-0.2, -0.15) is 8.42 Å². The summed E-state index contributed by atoms with van der Waals surface area (Å²) >= 11 is 6.88. The Morgan fingerprint density at radius 1 is 1.19 bits per heavy atom. The molecule has 0 aliphatic carbocycles. The Hall–Kier alpha value is -2.03. The van der Waals surface area contributed by atoms with Crippen molar-refractivity contribution in [3.63, 3.8) is 0 Å². The number of nitrogens with zero attached hydrogens (tertiary/aromatic N) is 1. The third-order valence-corrected chi connectivity index (χ3v) is 6.49. The Morgan fingerprint density at radius 3 is 2.52 bits per heavy atom. The van der Waals surface area contributed by atoms with Crippen molar-refractivity contribution in [1.29, 1.82) is 0 Å². The largest absolute Gasteiger partial charge is 0.333 e. The van der Waals surface area contributed by atoms with Gasteiger partial charge in [0.2, 0.25) is 5.91 Å². The number of fused-ring (bicyclic) bond motifs is 1. The zero-order valence-electron chi connectivity index (χ0n) is 15.0. The van der Waals surface area contributed by atoms with Crippen LogP contribution >= 0.6 is 23.4 Å². The lowest BCUT2D eigenvalue weighted by molar-refractivity contribution is -0.113. The summed E-state index contributed by atoms with van der Waals surface area (Å²) in [6.45, 7) is 5.87. The quantitative estimate of drug-likeness (QED) is 0.775. The van der Waals surface area contributed by atoms with Crippen molar-refractivity contribution >= 4 is 55.8 Å². The molecular weight excluding hydrogens is 406 g/mol. The summed E-state index contributed by atoms with van der Waals surface area (Å²) in [5, 5.41) is 6.27. The van der Waals surface area contributed by atoms with Crippen molar-refractivity contribution in [3.8, 4) is 0 Å². The van der Waals surface area contributed by atoms with Crippen LogP contribution < -0.4 is 10.6 Å². The Bertz CT molecular complexity index is 1040. The number of aryl methyl sites for hydroxylation is 3. The molecule has 1 aliphatic heterocycles. The fourth-order valence-corrected chi connectivity index (χ4v) is 5.16. The number of halogens is 1. The molecule has 0 unspecified atom stereocenters. The first kappa shape index (κ1) is 19.7. The van der Waals surface area contributed by atoms with Crippen LogP contribution in [0.5, 0.6) is 0 Å². The Morgan fingerprint density at radius 2 is 1.85 bits per heavy atom. The molecule has 9 heteroatoms. The molecule has 0 saturated heterocycles. The molecule has 27 heavy (non-hydrogen) atoms. The SMILES string of the molecule is Cc1cc(C)c(NC(=O)CSC2=NS(=O)(=O)c3cc(Cl)ccc3N2)c(C)c1. The van der Waals surface area contributed by atoms with Crippen LogP contribution in [0.15, 0.2) is 39.6 Å². The first-order chi connectivity index (χ1) is 12.7. The normalized spacial score (nSPS) is 14.7. The van der Waals surface area contributed by atoms with E-state index < -0.39 is 10.0 Å². The molecule has 2 aromatic rings. The second kappa shape index (κ2) is 7.53. The predicted octanol–water partition coefficient (Wildman–Crippen LogP) is 4.11. The van der Waals surface area contributed by atoms with Gasteiger partial charge in [0.15, 0.2) is 5.17 Å². The van der Waals surface area contributed by atoms with Gasteiger partial charge in [-0.3, -0.25) is 4.79 Å². The van der Waals surface area contributed by atoms with Crippen molar-refractivity contribution in [1.82, 2.24) is 0 Å². The summed E-state index contributed by atoms with van der Waals surface area (Å²) in [5.41, 5.74) is 4.25.